The first-order valence-electron chi connectivity index (χ1n) is 48.1. The van der Waals surface area contributed by atoms with Crippen molar-refractivity contribution in [3.63, 3.8) is 0 Å². The maximum absolute atomic E-state index is 14.1. The Morgan fingerprint density at radius 3 is 1.01 bits per heavy atom. The van der Waals surface area contributed by atoms with Gasteiger partial charge in [0.15, 0.2) is 23.2 Å². The molecule has 8 aliphatic rings. The minimum atomic E-state index is -0.654. The van der Waals surface area contributed by atoms with E-state index in [4.69, 9.17) is 36.1 Å². The molecular weight excluding hydrogens is 2560 g/mol. The third kappa shape index (κ3) is 28.9. The van der Waals surface area contributed by atoms with Gasteiger partial charge in [-0.2, -0.15) is 0 Å². The SMILES string of the molecule is C.I.[B]C(=O)n1cc2c3c(cccc31)[C@H]1C[C@@H](C(=O)N(CCCN(C)C)C(=O)NCC)CN(CC=C)[C@@H]1C2.[B]C(=O)n1cc2c3c(cccc31)[C@H]1C[C@@H](C(=O)N(CCCN(C)C)C(=O)Oc3ccccc3)CN(CC=C)[C@@H]1C2.[B]C(=O)n1cc2c3c(cccc31)[C@H]1C[C@@H](C(=O)NCC)CN(CC=C)[C@@H]1C2.[B]C(=O)n1cc2c3c(cccc31)[C@H]1C[C@@H](C(=O)NCCCN(C)C)CN(CC=C)[C@@H]1C2.[I][V]([I])[I].[I][V][I]. The van der Waals surface area contributed by atoms with Crippen molar-refractivity contribution in [2.24, 2.45) is 23.7 Å². The summed E-state index contributed by atoms with van der Waals surface area (Å²) in [7, 11) is 35.1. The zero-order valence-corrected chi connectivity index (χ0v) is 98.0. The van der Waals surface area contributed by atoms with Crippen molar-refractivity contribution < 1.29 is 67.1 Å². The molecule has 8 radical (unpaired) electrons. The Labute approximate surface area is 931 Å². The normalized spacial score (nSPS) is 21.0. The molecule has 9 aromatic rings. The first kappa shape index (κ1) is 119. The standard InChI is InChI=1S/C31H35BN4O4.C27H36BN5O3.C24H31BN4O2.C21H24BN3O2.CH4.6HI.2V/c1-4-14-34-19-22(29(37)35(16-9-15-33(2)3)31(39)40-23-10-6-5-7-11-23)17-25-24-12-8-13-26-28(24)21(18-27(25)34)20-36(26)30(32)38;1-5-11-31-16-19(25(34)32(27(36)29-6-2)13-8-12-30(3)4)14-21-20-9-7-10-22-24(20)18(15-23(21)31)17-33(22)26(28)35;1-4-10-28-14-17(23(30)26-9-6-11-27(2)3)12-19-18-7-5-8-20-22(18)16(13-21(19)28)15-29(20)24(25)31;1-3-8-24-11-14(20(26)23-4-2)9-16-15-6-5-7-17-19(15)13(10-18(16)24)12-25(17)21(22)27;;;;;;;;;/h4-8,10-13,20,22,25,27H,1,9,14-19H2,2-3H3;5,7,9-10,17,19,21,23H,1,6,8,11-16H2,2-4H3,(H,29,36);4-5,7-8,15,17,19,21H,1,6,9-14H2,2-3H3,(H,26,30);3,5-7,12,14,16,18H,1,4,8-11H2,2H3,(H,23,26);1H4;6*1H;;/q;;;;;;;;;;;+2;+3/p-5/t22-,25-,27-;19-,21-,23-;17-,19-,21-;14-,16-,18-;;;;;;;;;/m1111........./s1. The van der Waals surface area contributed by atoms with E-state index >= 15 is 0 Å². The number of halogens is 6. The second-order valence-corrected chi connectivity index (χ2v) is 85.2. The Bertz CT molecular complexity index is 6020. The molecule has 0 bridgehead atoms. The van der Waals surface area contributed by atoms with Crippen molar-refractivity contribution in [1.82, 2.24) is 78.3 Å². The predicted octanol–water partition coefficient (Wildman–Crippen LogP) is 17.5. The van der Waals surface area contributed by atoms with Crippen LogP contribution in [0.4, 0.5) is 28.8 Å². The molecule has 4 aromatic heterocycles. The van der Waals surface area contributed by atoms with Gasteiger partial charge in [-0.05, 0) is 227 Å². The van der Waals surface area contributed by atoms with E-state index in [1.807, 2.05) is 165 Å². The Kier molecular flexibility index (Phi) is 47.0. The second kappa shape index (κ2) is 56.4. The Balaban J connectivity index is 0.000000192. The van der Waals surface area contributed by atoms with E-state index in [0.29, 0.717) is 99.3 Å². The summed E-state index contributed by atoms with van der Waals surface area (Å²) in [5.74, 6) is -1.79. The number of likely N-dealkylation sites (tertiary alicyclic amines) is 4. The molecule has 8 heterocycles. The molecule has 0 unspecified atom stereocenters. The average molecular weight is 2690 g/mol. The van der Waals surface area contributed by atoms with Crippen LogP contribution in [0.15, 0.2) is 179 Å². The van der Waals surface area contributed by atoms with Crippen molar-refractivity contribution >= 4 is 258 Å². The molecule has 4 saturated heterocycles. The van der Waals surface area contributed by atoms with Gasteiger partial charge in [0.1, 0.15) is 5.75 Å². The van der Waals surface area contributed by atoms with Gasteiger partial charge in [0, 0.05) is 179 Å². The minimum absolute atomic E-state index is 0. The Morgan fingerprint density at radius 1 is 0.420 bits per heavy atom. The van der Waals surface area contributed by atoms with E-state index in [2.05, 4.69) is 196 Å². The molecule has 0 spiro atoms. The van der Waals surface area contributed by atoms with Gasteiger partial charge in [0.25, 0.3) is 0 Å². The van der Waals surface area contributed by atoms with Crippen LogP contribution in [-0.2, 0) is 59.2 Å². The fraction of sp³-hybridized carbons (Fsp3) is 0.462. The fourth-order valence-electron chi connectivity index (χ4n) is 22.7. The topological polar surface area (TPSA) is 265 Å². The number of carbonyl (C=O) groups is 10. The molecule has 143 heavy (non-hydrogen) atoms. The van der Waals surface area contributed by atoms with Crippen molar-refractivity contribution in [2.45, 2.75) is 140 Å². The van der Waals surface area contributed by atoms with Crippen molar-refractivity contribution in [3.8, 4) is 5.75 Å². The zero-order chi connectivity index (χ0) is 102. The van der Waals surface area contributed by atoms with Crippen LogP contribution in [0.3, 0.4) is 0 Å². The molecule has 757 valence electrons. The molecule has 27 nitrogen and oxygen atoms in total. The van der Waals surface area contributed by atoms with Crippen LogP contribution >= 0.6 is 124 Å². The van der Waals surface area contributed by atoms with Gasteiger partial charge in [-0.25, -0.2) is 14.5 Å². The van der Waals surface area contributed by atoms with Crippen molar-refractivity contribution in [3.05, 3.63) is 223 Å². The van der Waals surface area contributed by atoms with Crippen molar-refractivity contribution in [1.29, 1.82) is 0 Å². The third-order valence-electron chi connectivity index (χ3n) is 28.3. The van der Waals surface area contributed by atoms with E-state index in [1.54, 1.807) is 33.4 Å². The predicted molar refractivity (Wildman–Crippen MR) is 623 cm³/mol. The van der Waals surface area contributed by atoms with E-state index in [0.717, 1.165) is 168 Å². The molecule has 0 saturated carbocycles. The summed E-state index contributed by atoms with van der Waals surface area (Å²) < 4.78 is 11.8. The van der Waals surface area contributed by atoms with Crippen LogP contribution in [0.2, 0.25) is 0 Å². The van der Waals surface area contributed by atoms with E-state index < -0.39 is 35.2 Å². The number of nitrogens with zero attached hydrogens (tertiary/aromatic N) is 13. The van der Waals surface area contributed by atoms with E-state index in [9.17, 15) is 47.9 Å². The first-order chi connectivity index (χ1) is 67.6. The van der Waals surface area contributed by atoms with Gasteiger partial charge in [0.05, 0.1) is 45.7 Å². The number of carbonyl (C=O) groups excluding carboxylic acids is 10. The second-order valence-electron chi connectivity index (χ2n) is 38.0. The van der Waals surface area contributed by atoms with Gasteiger partial charge >= 0.3 is 126 Å². The number of para-hydroxylation sites is 1. The molecule has 4 fully saturated rings. The number of rotatable bonds is 27. The Morgan fingerprint density at radius 2 is 0.706 bits per heavy atom. The van der Waals surface area contributed by atoms with Crippen LogP contribution in [0.25, 0.3) is 43.6 Å². The molecule has 12 atom stereocenters. The number of ether oxygens (including phenoxy) is 1. The van der Waals surface area contributed by atoms with Crippen LogP contribution in [-0.4, -0.2) is 324 Å². The quantitative estimate of drug-likeness (QED) is 0.0187. The number of fused-ring (bicyclic) bond motifs is 8. The summed E-state index contributed by atoms with van der Waals surface area (Å²) in [5, 5.41) is 13.3. The number of aromatic nitrogens is 4. The molecule has 3 N–H and O–H groups in total. The molecule has 5 aromatic carbocycles. The van der Waals surface area contributed by atoms with E-state index in [-0.39, 0.29) is 132 Å². The number of urea groups is 1. The summed E-state index contributed by atoms with van der Waals surface area (Å²) in [5.41, 5.74) is 12.5. The number of imide groups is 2. The molecular formula is C104H131B4I6N16O11V2. The molecule has 7 amide bonds. The van der Waals surface area contributed by atoms with Crippen LogP contribution in [0.5, 0.6) is 5.75 Å². The number of hydrogen-bond donors (Lipinski definition) is 3. The van der Waals surface area contributed by atoms with Crippen LogP contribution in [0, 0.1) is 23.7 Å². The zero-order valence-electron chi connectivity index (χ0n) is 82.1. The number of nitrogens with one attached hydrogen (secondary N) is 3. The molecule has 39 heteroatoms. The van der Waals surface area contributed by atoms with E-state index in [1.165, 1.54) is 30.1 Å². The van der Waals surface area contributed by atoms with Gasteiger partial charge in [0.2, 0.25) is 55.0 Å². The summed E-state index contributed by atoms with van der Waals surface area (Å²) in [6.07, 6.45) is 22.8. The first-order valence-corrected chi connectivity index (χ1v) is 70.6. The van der Waals surface area contributed by atoms with Crippen LogP contribution in [0.1, 0.15) is 134 Å². The average Bonchev–Trinajstić information content (AvgIpc) is 1.59. The number of amides is 7. The monoisotopic (exact) mass is 2690 g/mol. The fourth-order valence-corrected chi connectivity index (χ4v) is 22.7. The molecule has 4 aliphatic carbocycles. The van der Waals surface area contributed by atoms with Gasteiger partial charge in [-0.1, -0.05) is 98.5 Å². The van der Waals surface area contributed by atoms with Gasteiger partial charge in [-0.15, -0.1) is 50.3 Å². The summed E-state index contributed by atoms with van der Waals surface area (Å²) in [6.45, 7) is 29.8. The van der Waals surface area contributed by atoms with Gasteiger partial charge < -0.3 is 35.4 Å². The summed E-state index contributed by atoms with van der Waals surface area (Å²) >= 11 is 12.1. The third-order valence-corrected chi connectivity index (χ3v) is 28.3. The maximum atomic E-state index is 14.1. The van der Waals surface area contributed by atoms with Crippen LogP contribution < -0.4 is 20.7 Å². The van der Waals surface area contributed by atoms with Gasteiger partial charge in [-0.3, -0.25) is 81.1 Å². The number of benzene rings is 5. The Hall–Kier alpha value is -5.75. The number of hydrogen-bond acceptors (Lipinski definition) is 18. The molecule has 17 rings (SSSR count). The molecule has 4 aliphatic heterocycles. The summed E-state index contributed by atoms with van der Waals surface area (Å²) in [4.78, 5) is 146. The number of piperidine rings is 4. The summed E-state index contributed by atoms with van der Waals surface area (Å²) in [6, 6.07) is 33.5. The van der Waals surface area contributed by atoms with Crippen molar-refractivity contribution in [2.75, 3.05) is 147 Å².